The molecular weight excluding hydrogens is 162 g/mol. The Balaban J connectivity index is 2.54. The summed E-state index contributed by atoms with van der Waals surface area (Å²) in [6.07, 6.45) is 3.51. The van der Waals surface area contributed by atoms with Crippen LogP contribution in [-0.4, -0.2) is 12.5 Å². The molecule has 2 heteroatoms. The lowest BCUT2D eigenvalue weighted by atomic mass is 10.2. The Kier molecular flexibility index (Phi) is 3.76. The summed E-state index contributed by atoms with van der Waals surface area (Å²) in [5.74, 6) is 0.200. The van der Waals surface area contributed by atoms with Gasteiger partial charge in [-0.1, -0.05) is 30.3 Å². The van der Waals surface area contributed by atoms with Crippen molar-refractivity contribution in [2.45, 2.75) is 6.92 Å². The molecule has 0 radical (unpaired) electrons. The van der Waals surface area contributed by atoms with E-state index in [-0.39, 0.29) is 5.90 Å². The lowest BCUT2D eigenvalue weighted by Crippen LogP contribution is -1.97. The van der Waals surface area contributed by atoms with Crippen molar-refractivity contribution >= 4 is 12.0 Å². The monoisotopic (exact) mass is 175 g/mol. The van der Waals surface area contributed by atoms with Crippen LogP contribution in [-0.2, 0) is 4.74 Å². The fraction of sp³-hybridized carbons (Fsp3) is 0.182. The lowest BCUT2D eigenvalue weighted by molar-refractivity contribution is 0.327. The Hall–Kier alpha value is -1.57. The third-order valence-electron chi connectivity index (χ3n) is 1.53. The largest absolute Gasteiger partial charge is 0.478 e. The molecule has 68 valence electrons. The molecule has 1 N–H and O–H groups in total. The molecule has 13 heavy (non-hydrogen) atoms. The molecule has 1 aromatic carbocycles. The zero-order valence-corrected chi connectivity index (χ0v) is 7.66. The van der Waals surface area contributed by atoms with Crippen LogP contribution in [0.15, 0.2) is 36.4 Å². The second-order valence-corrected chi connectivity index (χ2v) is 2.54. The van der Waals surface area contributed by atoms with Gasteiger partial charge in [-0.25, -0.2) is 0 Å². The summed E-state index contributed by atoms with van der Waals surface area (Å²) in [6.45, 7) is 2.41. The van der Waals surface area contributed by atoms with E-state index in [1.807, 2.05) is 43.3 Å². The average Bonchev–Trinajstić information content (AvgIpc) is 2.17. The Morgan fingerprint density at radius 3 is 2.69 bits per heavy atom. The maximum absolute atomic E-state index is 7.33. The fourth-order valence-corrected chi connectivity index (χ4v) is 0.940. The molecule has 0 aliphatic rings. The van der Waals surface area contributed by atoms with Crippen LogP contribution < -0.4 is 0 Å². The molecule has 0 atom stereocenters. The van der Waals surface area contributed by atoms with Crippen LogP contribution in [0.4, 0.5) is 0 Å². The molecule has 0 spiro atoms. The van der Waals surface area contributed by atoms with Gasteiger partial charge in [0.05, 0.1) is 6.61 Å². The maximum atomic E-state index is 7.33. The van der Waals surface area contributed by atoms with E-state index in [4.69, 9.17) is 10.1 Å². The molecule has 0 aliphatic heterocycles. The Morgan fingerprint density at radius 1 is 1.38 bits per heavy atom. The van der Waals surface area contributed by atoms with Gasteiger partial charge in [0.15, 0.2) is 0 Å². The molecule has 0 aliphatic carbocycles. The van der Waals surface area contributed by atoms with Crippen molar-refractivity contribution < 1.29 is 4.74 Å². The minimum Gasteiger partial charge on any atom is -0.478 e. The molecule has 0 amide bonds. The summed E-state index contributed by atoms with van der Waals surface area (Å²) < 4.78 is 4.96. The van der Waals surface area contributed by atoms with Crippen LogP contribution in [0.1, 0.15) is 12.5 Å². The molecule has 2 nitrogen and oxygen atoms in total. The van der Waals surface area contributed by atoms with E-state index >= 15 is 0 Å². The number of hydrogen-bond acceptors (Lipinski definition) is 2. The van der Waals surface area contributed by atoms with Crippen LogP contribution in [0.25, 0.3) is 6.08 Å². The highest BCUT2D eigenvalue weighted by Gasteiger charge is 1.88. The number of ether oxygens (including phenoxy) is 1. The molecule has 1 rings (SSSR count). The molecule has 0 saturated heterocycles. The first-order valence-electron chi connectivity index (χ1n) is 4.27. The van der Waals surface area contributed by atoms with E-state index in [1.54, 1.807) is 6.08 Å². The minimum atomic E-state index is 0.200. The van der Waals surface area contributed by atoms with Gasteiger partial charge in [0.25, 0.3) is 0 Å². The number of hydrogen-bond donors (Lipinski definition) is 1. The summed E-state index contributed by atoms with van der Waals surface area (Å²) in [4.78, 5) is 0. The predicted molar refractivity (Wildman–Crippen MR) is 54.8 cm³/mol. The summed E-state index contributed by atoms with van der Waals surface area (Å²) in [5, 5.41) is 7.33. The first-order valence-corrected chi connectivity index (χ1v) is 4.27. The zero-order chi connectivity index (χ0) is 9.52. The van der Waals surface area contributed by atoms with Gasteiger partial charge in [0.1, 0.15) is 0 Å². The van der Waals surface area contributed by atoms with Crippen molar-refractivity contribution in [2.75, 3.05) is 6.61 Å². The maximum Gasteiger partial charge on any atom is 0.205 e. The van der Waals surface area contributed by atoms with E-state index in [9.17, 15) is 0 Å². The molecule has 0 unspecified atom stereocenters. The van der Waals surface area contributed by atoms with Crippen LogP contribution >= 0.6 is 0 Å². The van der Waals surface area contributed by atoms with Gasteiger partial charge >= 0.3 is 0 Å². The third kappa shape index (κ3) is 3.56. The van der Waals surface area contributed by atoms with E-state index < -0.39 is 0 Å². The quantitative estimate of drug-likeness (QED) is 0.556. The number of benzene rings is 1. The van der Waals surface area contributed by atoms with Crippen molar-refractivity contribution in [3.8, 4) is 0 Å². The zero-order valence-electron chi connectivity index (χ0n) is 7.66. The average molecular weight is 175 g/mol. The summed E-state index contributed by atoms with van der Waals surface area (Å²) in [5.41, 5.74) is 1.08. The standard InChI is InChI=1S/C11H13NO/c1-2-13-11(12)9-8-10-6-4-3-5-7-10/h3-9,12H,2H2,1H3/b9-8+,12-11?. The van der Waals surface area contributed by atoms with Crippen LogP contribution in [0, 0.1) is 5.41 Å². The minimum absolute atomic E-state index is 0.200. The number of nitrogens with one attached hydrogen (secondary N) is 1. The van der Waals surface area contributed by atoms with Crippen molar-refractivity contribution in [1.29, 1.82) is 5.41 Å². The van der Waals surface area contributed by atoms with Crippen LogP contribution in [0.3, 0.4) is 0 Å². The second kappa shape index (κ2) is 5.14. The van der Waals surface area contributed by atoms with Crippen molar-refractivity contribution in [3.63, 3.8) is 0 Å². The smallest absolute Gasteiger partial charge is 0.205 e. The van der Waals surface area contributed by atoms with Crippen molar-refractivity contribution in [2.24, 2.45) is 0 Å². The van der Waals surface area contributed by atoms with Gasteiger partial charge < -0.3 is 4.74 Å². The van der Waals surface area contributed by atoms with Crippen LogP contribution in [0.5, 0.6) is 0 Å². The van der Waals surface area contributed by atoms with Gasteiger partial charge in [-0.2, -0.15) is 0 Å². The number of rotatable bonds is 3. The fourth-order valence-electron chi connectivity index (χ4n) is 0.940. The molecule has 0 aromatic heterocycles. The van der Waals surface area contributed by atoms with E-state index in [0.29, 0.717) is 6.61 Å². The van der Waals surface area contributed by atoms with E-state index in [1.165, 1.54) is 0 Å². The summed E-state index contributed by atoms with van der Waals surface area (Å²) >= 11 is 0. The van der Waals surface area contributed by atoms with E-state index in [0.717, 1.165) is 5.56 Å². The lowest BCUT2D eigenvalue weighted by Gasteiger charge is -1.97. The van der Waals surface area contributed by atoms with Gasteiger partial charge in [0.2, 0.25) is 5.90 Å². The second-order valence-electron chi connectivity index (χ2n) is 2.54. The molecule has 0 saturated carbocycles. The molecule has 0 fully saturated rings. The van der Waals surface area contributed by atoms with Crippen molar-refractivity contribution in [3.05, 3.63) is 42.0 Å². The molecule has 0 heterocycles. The van der Waals surface area contributed by atoms with Gasteiger partial charge in [0, 0.05) is 6.08 Å². The predicted octanol–water partition coefficient (Wildman–Crippen LogP) is 2.71. The van der Waals surface area contributed by atoms with Gasteiger partial charge in [-0.05, 0) is 18.6 Å². The Labute approximate surface area is 78.4 Å². The molecule has 1 aromatic rings. The topological polar surface area (TPSA) is 33.1 Å². The first-order chi connectivity index (χ1) is 6.33. The SMILES string of the molecule is CCOC(=N)/C=C/c1ccccc1. The molecule has 0 bridgehead atoms. The summed E-state index contributed by atoms with van der Waals surface area (Å²) in [7, 11) is 0. The van der Waals surface area contributed by atoms with E-state index in [2.05, 4.69) is 0 Å². The first kappa shape index (κ1) is 9.52. The Morgan fingerprint density at radius 2 is 2.08 bits per heavy atom. The molecular formula is C11H13NO. The highest BCUT2D eigenvalue weighted by Crippen LogP contribution is 2.00. The van der Waals surface area contributed by atoms with Crippen LogP contribution in [0.2, 0.25) is 0 Å². The van der Waals surface area contributed by atoms with Gasteiger partial charge in [-0.3, -0.25) is 5.41 Å². The third-order valence-corrected chi connectivity index (χ3v) is 1.53. The highest BCUT2D eigenvalue weighted by atomic mass is 16.5. The summed E-state index contributed by atoms with van der Waals surface area (Å²) in [6, 6.07) is 9.85. The normalized spacial score (nSPS) is 10.2. The van der Waals surface area contributed by atoms with Gasteiger partial charge in [-0.15, -0.1) is 0 Å². The Bertz CT molecular complexity index is 290. The van der Waals surface area contributed by atoms with Crippen molar-refractivity contribution in [1.82, 2.24) is 0 Å². The highest BCUT2D eigenvalue weighted by molar-refractivity contribution is 5.89.